The minimum atomic E-state index is -0.442. The number of likely N-dealkylation sites (tertiary alicyclic amines) is 1. The van der Waals surface area contributed by atoms with Crippen molar-refractivity contribution in [3.63, 3.8) is 0 Å². The lowest BCUT2D eigenvalue weighted by Crippen LogP contribution is -2.53. The van der Waals surface area contributed by atoms with Gasteiger partial charge in [-0.1, -0.05) is 57.4 Å². The number of fused-ring (bicyclic) bond motifs is 1. The molecule has 1 saturated heterocycles. The monoisotopic (exact) mass is 533 g/mol. The van der Waals surface area contributed by atoms with Crippen LogP contribution in [-0.4, -0.2) is 41.4 Å². The van der Waals surface area contributed by atoms with Crippen molar-refractivity contribution < 1.29 is 14.3 Å². The van der Waals surface area contributed by atoms with Gasteiger partial charge < -0.3 is 15.0 Å². The third kappa shape index (κ3) is 5.31. The van der Waals surface area contributed by atoms with Crippen LogP contribution in [0.4, 0.5) is 0 Å². The molecule has 0 radical (unpaired) electrons. The summed E-state index contributed by atoms with van der Waals surface area (Å²) < 4.78 is 5.57. The van der Waals surface area contributed by atoms with Crippen molar-refractivity contribution in [2.45, 2.75) is 77.3 Å². The van der Waals surface area contributed by atoms with E-state index in [0.717, 1.165) is 77.7 Å². The first kappa shape index (κ1) is 26.7. The van der Waals surface area contributed by atoms with Crippen LogP contribution in [0.3, 0.4) is 0 Å². The smallest absolute Gasteiger partial charge is 0.246 e. The number of hydrogen-bond donors (Lipinski definition) is 1. The van der Waals surface area contributed by atoms with Crippen molar-refractivity contribution in [2.24, 2.45) is 11.8 Å². The number of rotatable bonds is 8. The van der Waals surface area contributed by atoms with Crippen LogP contribution < -0.4 is 10.1 Å². The van der Waals surface area contributed by atoms with Crippen molar-refractivity contribution in [3.05, 3.63) is 46.8 Å². The number of aromatic nitrogens is 1. The highest BCUT2D eigenvalue weighted by Crippen LogP contribution is 2.40. The molecule has 1 unspecified atom stereocenters. The third-order valence-corrected chi connectivity index (χ3v) is 9.41. The highest BCUT2D eigenvalue weighted by Gasteiger charge is 2.40. The summed E-state index contributed by atoms with van der Waals surface area (Å²) in [7, 11) is 1.69. The quantitative estimate of drug-likeness (QED) is 0.348. The topological polar surface area (TPSA) is 71.5 Å². The Morgan fingerprint density at radius 3 is 2.58 bits per heavy atom. The molecule has 38 heavy (non-hydrogen) atoms. The zero-order valence-electron chi connectivity index (χ0n) is 22.7. The average Bonchev–Trinajstić information content (AvgIpc) is 3.65. The summed E-state index contributed by atoms with van der Waals surface area (Å²) in [6, 6.07) is 11.8. The molecule has 1 aliphatic heterocycles. The van der Waals surface area contributed by atoms with Crippen molar-refractivity contribution in [1.82, 2.24) is 15.2 Å². The third-order valence-electron chi connectivity index (χ3n) is 8.47. The minimum Gasteiger partial charge on any atom is -0.496 e. The summed E-state index contributed by atoms with van der Waals surface area (Å²) in [4.78, 5) is 34.1. The fourth-order valence-electron chi connectivity index (χ4n) is 6.03. The number of benzene rings is 2. The van der Waals surface area contributed by atoms with Gasteiger partial charge in [-0.25, -0.2) is 4.98 Å². The number of nitrogens with zero attached hydrogens (tertiary/aromatic N) is 2. The summed E-state index contributed by atoms with van der Waals surface area (Å²) in [6.07, 6.45) is 8.09. The molecule has 2 aromatic carbocycles. The molecule has 6 nitrogen and oxygen atoms in total. The summed E-state index contributed by atoms with van der Waals surface area (Å²) in [6.45, 7) is 4.67. The number of nitrogens with one attached hydrogen (secondary N) is 1. The van der Waals surface area contributed by atoms with Gasteiger partial charge in [-0.05, 0) is 55.5 Å². The molecule has 2 fully saturated rings. The van der Waals surface area contributed by atoms with Gasteiger partial charge in [0.15, 0.2) is 0 Å². The second-order valence-electron chi connectivity index (χ2n) is 10.8. The lowest BCUT2D eigenvalue weighted by molar-refractivity contribution is -0.140. The van der Waals surface area contributed by atoms with Gasteiger partial charge in [0, 0.05) is 28.8 Å². The molecule has 0 bridgehead atoms. The molecule has 1 saturated carbocycles. The first-order chi connectivity index (χ1) is 18.5. The predicted molar refractivity (Wildman–Crippen MR) is 153 cm³/mol. The number of carbonyl (C=O) groups is 2. The minimum absolute atomic E-state index is 0.00455. The fourth-order valence-corrected chi connectivity index (χ4v) is 7.00. The van der Waals surface area contributed by atoms with Gasteiger partial charge in [-0.2, -0.15) is 0 Å². The van der Waals surface area contributed by atoms with E-state index in [2.05, 4.69) is 28.9 Å². The van der Waals surface area contributed by atoms with Crippen molar-refractivity contribution in [1.29, 1.82) is 0 Å². The molecule has 3 aromatic rings. The Balaban J connectivity index is 1.41. The number of methoxy groups -OCH3 is 1. The SMILES string of the molecule is CC[C@@H](C)C(=O)N[C@H](C(=O)N1CCCC1c1nc(-c2ccc(OC)c3ccccc23)cs1)C1CCCCC1. The molecule has 2 heterocycles. The summed E-state index contributed by atoms with van der Waals surface area (Å²) in [5.41, 5.74) is 2.00. The fraction of sp³-hybridized carbons (Fsp3) is 0.516. The zero-order valence-corrected chi connectivity index (χ0v) is 23.6. The highest BCUT2D eigenvalue weighted by atomic mass is 32.1. The van der Waals surface area contributed by atoms with Crippen LogP contribution in [0.15, 0.2) is 41.8 Å². The second kappa shape index (κ2) is 11.9. The lowest BCUT2D eigenvalue weighted by atomic mass is 9.83. The largest absolute Gasteiger partial charge is 0.496 e. The molecule has 5 rings (SSSR count). The molecule has 2 amide bonds. The first-order valence-corrected chi connectivity index (χ1v) is 15.0. The first-order valence-electron chi connectivity index (χ1n) is 14.1. The van der Waals surface area contributed by atoms with Gasteiger partial charge in [0.2, 0.25) is 11.8 Å². The number of thiazole rings is 1. The molecule has 1 aromatic heterocycles. The van der Waals surface area contributed by atoms with E-state index in [4.69, 9.17) is 9.72 Å². The number of carbonyl (C=O) groups excluding carboxylic acids is 2. The van der Waals surface area contributed by atoms with E-state index in [0.29, 0.717) is 6.54 Å². The van der Waals surface area contributed by atoms with E-state index in [1.807, 2.05) is 36.9 Å². The summed E-state index contributed by atoms with van der Waals surface area (Å²) in [5, 5.41) is 8.43. The van der Waals surface area contributed by atoms with E-state index in [-0.39, 0.29) is 29.7 Å². The van der Waals surface area contributed by atoms with Gasteiger partial charge >= 0.3 is 0 Å². The van der Waals surface area contributed by atoms with Crippen molar-refractivity contribution in [2.75, 3.05) is 13.7 Å². The molecule has 1 aliphatic carbocycles. The van der Waals surface area contributed by atoms with Gasteiger partial charge in [0.25, 0.3) is 0 Å². The molecule has 7 heteroatoms. The molecular formula is C31H39N3O3S. The Hall–Kier alpha value is -2.93. The Labute approximate surface area is 229 Å². The molecule has 1 N–H and O–H groups in total. The van der Waals surface area contributed by atoms with Crippen molar-refractivity contribution in [3.8, 4) is 17.0 Å². The summed E-state index contributed by atoms with van der Waals surface area (Å²) >= 11 is 1.63. The average molecular weight is 534 g/mol. The Morgan fingerprint density at radius 1 is 1.08 bits per heavy atom. The Kier molecular flexibility index (Phi) is 8.32. The maximum absolute atomic E-state index is 14.1. The number of ether oxygens (including phenoxy) is 1. The van der Waals surface area contributed by atoms with E-state index < -0.39 is 6.04 Å². The molecule has 0 spiro atoms. The van der Waals surface area contributed by atoms with E-state index in [9.17, 15) is 9.59 Å². The highest BCUT2D eigenvalue weighted by molar-refractivity contribution is 7.10. The van der Waals surface area contributed by atoms with Gasteiger partial charge in [-0.3, -0.25) is 9.59 Å². The molecule has 202 valence electrons. The normalized spacial score (nSPS) is 19.9. The van der Waals surface area contributed by atoms with Crippen LogP contribution in [-0.2, 0) is 9.59 Å². The molecular weight excluding hydrogens is 494 g/mol. The van der Waals surface area contributed by atoms with E-state index in [1.54, 1.807) is 18.4 Å². The maximum atomic E-state index is 14.1. The predicted octanol–water partition coefficient (Wildman–Crippen LogP) is 6.75. The van der Waals surface area contributed by atoms with Gasteiger partial charge in [0.1, 0.15) is 16.8 Å². The van der Waals surface area contributed by atoms with E-state index >= 15 is 0 Å². The van der Waals surface area contributed by atoms with Crippen LogP contribution in [0.1, 0.15) is 76.3 Å². The van der Waals surface area contributed by atoms with E-state index in [1.165, 1.54) is 6.42 Å². The second-order valence-corrected chi connectivity index (χ2v) is 11.7. The Morgan fingerprint density at radius 2 is 1.84 bits per heavy atom. The molecule has 3 atom stereocenters. The molecule has 2 aliphatic rings. The van der Waals surface area contributed by atoms with Crippen LogP contribution in [0.25, 0.3) is 22.0 Å². The summed E-state index contributed by atoms with van der Waals surface area (Å²) in [5.74, 6) is 1.03. The van der Waals surface area contributed by atoms with Crippen LogP contribution in [0.5, 0.6) is 5.75 Å². The van der Waals surface area contributed by atoms with Gasteiger partial charge in [0.05, 0.1) is 18.8 Å². The maximum Gasteiger partial charge on any atom is 0.246 e. The number of amides is 2. The van der Waals surface area contributed by atoms with Crippen LogP contribution in [0, 0.1) is 11.8 Å². The van der Waals surface area contributed by atoms with Crippen LogP contribution in [0.2, 0.25) is 0 Å². The zero-order chi connectivity index (χ0) is 26.6. The lowest BCUT2D eigenvalue weighted by Gasteiger charge is -2.35. The van der Waals surface area contributed by atoms with Crippen LogP contribution >= 0.6 is 11.3 Å². The Bertz CT molecular complexity index is 1280. The van der Waals surface area contributed by atoms with Gasteiger partial charge in [-0.15, -0.1) is 11.3 Å². The van der Waals surface area contributed by atoms with Crippen molar-refractivity contribution >= 4 is 33.9 Å². The number of hydrogen-bond acceptors (Lipinski definition) is 5. The standard InChI is InChI=1S/C31H39N3O3S/c1-4-20(2)29(35)33-28(21-11-6-5-7-12-21)31(36)34-18-10-15-26(34)30-32-25(19-38-30)23-16-17-27(37-3)24-14-9-8-13-22(23)24/h8-9,13-14,16-17,19-21,26,28H,4-7,10-12,15,18H2,1-3H3,(H,33,35)/t20-,26?,28+/m1/s1.